The molecule has 0 spiro atoms. The summed E-state index contributed by atoms with van der Waals surface area (Å²) in [5.74, 6) is 0.352. The Morgan fingerprint density at radius 1 is 1.22 bits per heavy atom. The molecule has 0 saturated carbocycles. The van der Waals surface area contributed by atoms with Crippen LogP contribution in [0.1, 0.15) is 37.7 Å². The van der Waals surface area contributed by atoms with Gasteiger partial charge in [-0.3, -0.25) is 9.69 Å². The average molecular weight is 320 g/mol. The predicted molar refractivity (Wildman–Crippen MR) is 86.8 cm³/mol. The molecule has 126 valence electrons. The van der Waals surface area contributed by atoms with Gasteiger partial charge < -0.3 is 9.64 Å². The zero-order valence-electron chi connectivity index (χ0n) is 13.8. The van der Waals surface area contributed by atoms with Gasteiger partial charge in [0.25, 0.3) is 0 Å². The lowest BCUT2D eigenvalue weighted by Crippen LogP contribution is -2.37. The van der Waals surface area contributed by atoms with Gasteiger partial charge in [-0.25, -0.2) is 4.39 Å². The first-order valence-corrected chi connectivity index (χ1v) is 8.52. The van der Waals surface area contributed by atoms with Crippen LogP contribution in [0.15, 0.2) is 18.2 Å². The largest absolute Gasteiger partial charge is 0.494 e. The van der Waals surface area contributed by atoms with Crippen molar-refractivity contribution in [3.05, 3.63) is 29.6 Å². The molecule has 5 heteroatoms. The summed E-state index contributed by atoms with van der Waals surface area (Å²) in [5, 5.41) is 0. The Hall–Kier alpha value is -1.62. The normalized spacial score (nSPS) is 23.1. The number of benzene rings is 1. The molecule has 2 aliphatic rings. The smallest absolute Gasteiger partial charge is 0.222 e. The van der Waals surface area contributed by atoms with E-state index in [9.17, 15) is 9.18 Å². The van der Waals surface area contributed by atoms with E-state index in [1.54, 1.807) is 6.07 Å². The SMILES string of the molecule is COc1cccc(CN2CCCC(N3CCCC3=O)CC2)c1F. The van der Waals surface area contributed by atoms with Gasteiger partial charge in [-0.15, -0.1) is 0 Å². The van der Waals surface area contributed by atoms with Crippen molar-refractivity contribution in [1.82, 2.24) is 9.80 Å². The van der Waals surface area contributed by atoms with E-state index >= 15 is 0 Å². The number of hydrogen-bond donors (Lipinski definition) is 0. The van der Waals surface area contributed by atoms with E-state index in [-0.39, 0.29) is 5.82 Å². The number of ether oxygens (including phenoxy) is 1. The molecule has 1 unspecified atom stereocenters. The maximum absolute atomic E-state index is 14.3. The van der Waals surface area contributed by atoms with Crippen molar-refractivity contribution in [2.24, 2.45) is 0 Å². The number of carbonyl (C=O) groups is 1. The molecular formula is C18H25FN2O2. The number of nitrogens with zero attached hydrogens (tertiary/aromatic N) is 2. The van der Waals surface area contributed by atoms with Crippen LogP contribution in [0.5, 0.6) is 5.75 Å². The molecule has 0 aromatic heterocycles. The Kier molecular flexibility index (Phi) is 5.16. The van der Waals surface area contributed by atoms with Crippen LogP contribution in [-0.4, -0.2) is 48.5 Å². The van der Waals surface area contributed by atoms with E-state index in [2.05, 4.69) is 9.80 Å². The lowest BCUT2D eigenvalue weighted by atomic mass is 10.1. The van der Waals surface area contributed by atoms with Gasteiger partial charge in [0.2, 0.25) is 5.91 Å². The second kappa shape index (κ2) is 7.30. The molecule has 0 radical (unpaired) electrons. The van der Waals surface area contributed by atoms with Crippen molar-refractivity contribution < 1.29 is 13.9 Å². The van der Waals surface area contributed by atoms with Gasteiger partial charge in [-0.2, -0.15) is 0 Å². The van der Waals surface area contributed by atoms with Crippen molar-refractivity contribution in [2.75, 3.05) is 26.7 Å². The monoisotopic (exact) mass is 320 g/mol. The topological polar surface area (TPSA) is 32.8 Å². The summed E-state index contributed by atoms with van der Waals surface area (Å²) in [7, 11) is 1.49. The number of methoxy groups -OCH3 is 1. The molecule has 23 heavy (non-hydrogen) atoms. The highest BCUT2D eigenvalue weighted by molar-refractivity contribution is 5.78. The lowest BCUT2D eigenvalue weighted by molar-refractivity contribution is -0.129. The maximum Gasteiger partial charge on any atom is 0.222 e. The van der Waals surface area contributed by atoms with Gasteiger partial charge in [0.15, 0.2) is 11.6 Å². The second-order valence-electron chi connectivity index (χ2n) is 6.48. The molecule has 1 aromatic rings. The maximum atomic E-state index is 14.3. The van der Waals surface area contributed by atoms with E-state index in [0.717, 1.165) is 45.3 Å². The van der Waals surface area contributed by atoms with Crippen LogP contribution < -0.4 is 4.74 Å². The lowest BCUT2D eigenvalue weighted by Gasteiger charge is -2.27. The van der Waals surface area contributed by atoms with Crippen molar-refractivity contribution in [2.45, 2.75) is 44.7 Å². The van der Waals surface area contributed by atoms with Crippen molar-refractivity contribution >= 4 is 5.91 Å². The molecule has 2 saturated heterocycles. The fourth-order valence-corrected chi connectivity index (χ4v) is 3.74. The first-order chi connectivity index (χ1) is 11.2. The van der Waals surface area contributed by atoms with Gasteiger partial charge in [0, 0.05) is 37.7 Å². The Balaban J connectivity index is 1.61. The number of likely N-dealkylation sites (tertiary alicyclic amines) is 2. The molecule has 0 aliphatic carbocycles. The van der Waals surface area contributed by atoms with Crippen molar-refractivity contribution in [3.8, 4) is 5.75 Å². The summed E-state index contributed by atoms with van der Waals surface area (Å²) < 4.78 is 19.4. The number of halogens is 1. The second-order valence-corrected chi connectivity index (χ2v) is 6.48. The number of rotatable bonds is 4. The first kappa shape index (κ1) is 16.2. The van der Waals surface area contributed by atoms with Gasteiger partial charge in [0.1, 0.15) is 0 Å². The Morgan fingerprint density at radius 3 is 2.83 bits per heavy atom. The summed E-state index contributed by atoms with van der Waals surface area (Å²) in [6.45, 7) is 3.37. The minimum absolute atomic E-state index is 0.259. The molecule has 0 N–H and O–H groups in total. The number of amides is 1. The number of hydrogen-bond acceptors (Lipinski definition) is 3. The average Bonchev–Trinajstić information content (AvgIpc) is 2.84. The Labute approximate surface area is 137 Å². The third kappa shape index (κ3) is 3.66. The Morgan fingerprint density at radius 2 is 2.09 bits per heavy atom. The standard InChI is InChI=1S/C18H25FN2O2/c1-23-16-7-2-5-14(18(16)19)13-20-10-3-6-15(9-12-20)21-11-4-8-17(21)22/h2,5,7,15H,3-4,6,8-13H2,1H3. The molecular weight excluding hydrogens is 295 g/mol. The summed E-state index contributed by atoms with van der Waals surface area (Å²) in [4.78, 5) is 16.3. The van der Waals surface area contributed by atoms with Crippen LogP contribution in [-0.2, 0) is 11.3 Å². The number of carbonyl (C=O) groups excluding carboxylic acids is 1. The third-order valence-corrected chi connectivity index (χ3v) is 5.00. The fourth-order valence-electron chi connectivity index (χ4n) is 3.74. The molecule has 2 heterocycles. The predicted octanol–water partition coefficient (Wildman–Crippen LogP) is 2.81. The van der Waals surface area contributed by atoms with E-state index in [4.69, 9.17) is 4.74 Å². The first-order valence-electron chi connectivity index (χ1n) is 8.52. The van der Waals surface area contributed by atoms with Crippen LogP contribution in [0.4, 0.5) is 4.39 Å². The summed E-state index contributed by atoms with van der Waals surface area (Å²) in [6, 6.07) is 5.67. The molecule has 0 bridgehead atoms. The van der Waals surface area contributed by atoms with Gasteiger partial charge in [-0.05, 0) is 38.3 Å². The fraction of sp³-hybridized carbons (Fsp3) is 0.611. The summed E-state index contributed by atoms with van der Waals surface area (Å²) in [6.07, 6.45) is 4.80. The summed E-state index contributed by atoms with van der Waals surface area (Å²) in [5.41, 5.74) is 0.681. The van der Waals surface area contributed by atoms with E-state index in [1.807, 2.05) is 12.1 Å². The zero-order valence-corrected chi connectivity index (χ0v) is 13.8. The third-order valence-electron chi connectivity index (χ3n) is 5.00. The van der Waals surface area contributed by atoms with Crippen LogP contribution in [0, 0.1) is 5.82 Å². The highest BCUT2D eigenvalue weighted by Crippen LogP contribution is 2.25. The quantitative estimate of drug-likeness (QED) is 0.855. The highest BCUT2D eigenvalue weighted by atomic mass is 19.1. The molecule has 2 fully saturated rings. The van der Waals surface area contributed by atoms with Crippen molar-refractivity contribution in [3.63, 3.8) is 0 Å². The van der Waals surface area contributed by atoms with Gasteiger partial charge >= 0.3 is 0 Å². The molecule has 2 aliphatic heterocycles. The van der Waals surface area contributed by atoms with Crippen LogP contribution in [0.2, 0.25) is 0 Å². The molecule has 4 nitrogen and oxygen atoms in total. The molecule has 1 aromatic carbocycles. The van der Waals surface area contributed by atoms with Crippen LogP contribution in [0.25, 0.3) is 0 Å². The minimum Gasteiger partial charge on any atom is -0.494 e. The molecule has 1 amide bonds. The minimum atomic E-state index is -0.259. The van der Waals surface area contributed by atoms with Crippen LogP contribution >= 0.6 is 0 Å². The zero-order chi connectivity index (χ0) is 16.2. The van der Waals surface area contributed by atoms with Gasteiger partial charge in [0.05, 0.1) is 7.11 Å². The summed E-state index contributed by atoms with van der Waals surface area (Å²) >= 11 is 0. The van der Waals surface area contributed by atoms with Crippen molar-refractivity contribution in [1.29, 1.82) is 0 Å². The molecule has 1 atom stereocenters. The highest BCUT2D eigenvalue weighted by Gasteiger charge is 2.29. The van der Waals surface area contributed by atoms with E-state index in [1.165, 1.54) is 7.11 Å². The van der Waals surface area contributed by atoms with Crippen LogP contribution in [0.3, 0.4) is 0 Å². The van der Waals surface area contributed by atoms with Gasteiger partial charge in [-0.1, -0.05) is 12.1 Å². The molecule has 3 rings (SSSR count). The van der Waals surface area contributed by atoms with E-state index < -0.39 is 0 Å². The Bertz CT molecular complexity index is 564. The van der Waals surface area contributed by atoms with E-state index in [0.29, 0.717) is 36.2 Å².